The smallest absolute Gasteiger partial charge is 0.263 e. The Bertz CT molecular complexity index is 1010. The van der Waals surface area contributed by atoms with E-state index < -0.39 is 0 Å². The van der Waals surface area contributed by atoms with Crippen LogP contribution in [-0.2, 0) is 17.8 Å². The van der Waals surface area contributed by atoms with E-state index in [1.165, 1.54) is 15.9 Å². The Balaban J connectivity index is 1.89. The molecule has 1 amide bonds. The highest BCUT2D eigenvalue weighted by Gasteiger charge is 2.12. The number of benzene rings is 1. The van der Waals surface area contributed by atoms with Crippen LogP contribution in [0.5, 0.6) is 0 Å². The molecule has 5 nitrogen and oxygen atoms in total. The predicted octanol–water partition coefficient (Wildman–Crippen LogP) is 3.63. The van der Waals surface area contributed by atoms with E-state index in [9.17, 15) is 9.59 Å². The normalized spacial score (nSPS) is 10.9. The van der Waals surface area contributed by atoms with E-state index >= 15 is 0 Å². The molecule has 0 aliphatic carbocycles. The lowest BCUT2D eigenvalue weighted by Gasteiger charge is -2.08. The molecular weight excluding hydrogens is 342 g/mol. The Hall–Kier alpha value is -2.25. The molecular formula is C17H17N3O2S2. The number of aromatic nitrogens is 2. The number of thiophene rings is 1. The number of amides is 1. The third-order valence-electron chi connectivity index (χ3n) is 3.71. The molecule has 0 fully saturated rings. The largest absolute Gasteiger partial charge is 0.325 e. The van der Waals surface area contributed by atoms with Crippen molar-refractivity contribution in [3.63, 3.8) is 0 Å². The fraction of sp³-hybridized carbons (Fsp3) is 0.235. The summed E-state index contributed by atoms with van der Waals surface area (Å²) >= 11 is 6.77. The first kappa shape index (κ1) is 16.6. The molecule has 3 aromatic rings. The van der Waals surface area contributed by atoms with E-state index in [1.54, 1.807) is 0 Å². The molecule has 0 aliphatic rings. The third kappa shape index (κ3) is 3.32. The number of hydrogen-bond acceptors (Lipinski definition) is 4. The number of H-pyrrole nitrogens is 1. The van der Waals surface area contributed by atoms with E-state index in [1.807, 2.05) is 44.2 Å². The molecule has 0 aliphatic heterocycles. The Kier molecular flexibility index (Phi) is 4.64. The van der Waals surface area contributed by atoms with Crippen LogP contribution in [0.15, 0.2) is 35.1 Å². The summed E-state index contributed by atoms with van der Waals surface area (Å²) in [4.78, 5) is 29.8. The third-order valence-corrected chi connectivity index (χ3v) is 5.23. The van der Waals surface area contributed by atoms with Gasteiger partial charge >= 0.3 is 0 Å². The van der Waals surface area contributed by atoms with E-state index in [0.717, 1.165) is 21.7 Å². The van der Waals surface area contributed by atoms with Crippen LogP contribution in [0.4, 0.5) is 5.69 Å². The molecule has 0 bridgehead atoms. The number of carbonyl (C=O) groups excluding carboxylic acids is 1. The Morgan fingerprint density at radius 3 is 2.71 bits per heavy atom. The second-order valence-corrected chi connectivity index (χ2v) is 7.07. The summed E-state index contributed by atoms with van der Waals surface area (Å²) < 4.78 is 1.56. The zero-order chi connectivity index (χ0) is 17.3. The van der Waals surface area contributed by atoms with Crippen LogP contribution in [0, 0.1) is 11.7 Å². The first-order valence-corrected chi connectivity index (χ1v) is 8.82. The van der Waals surface area contributed by atoms with Gasteiger partial charge in [0.1, 0.15) is 11.4 Å². The lowest BCUT2D eigenvalue weighted by Crippen LogP contribution is -2.28. The van der Waals surface area contributed by atoms with Crippen LogP contribution in [0.25, 0.3) is 10.2 Å². The van der Waals surface area contributed by atoms with Crippen molar-refractivity contribution in [2.24, 2.45) is 0 Å². The first-order valence-electron chi connectivity index (χ1n) is 7.60. The summed E-state index contributed by atoms with van der Waals surface area (Å²) in [5.74, 6) is -0.286. The molecule has 2 N–H and O–H groups in total. The maximum Gasteiger partial charge on any atom is 0.263 e. The Morgan fingerprint density at radius 1 is 1.33 bits per heavy atom. The fourth-order valence-corrected chi connectivity index (χ4v) is 3.70. The highest BCUT2D eigenvalue weighted by Crippen LogP contribution is 2.21. The lowest BCUT2D eigenvalue weighted by atomic mass is 10.2. The quantitative estimate of drug-likeness (QED) is 0.699. The van der Waals surface area contributed by atoms with Crippen LogP contribution < -0.4 is 10.9 Å². The molecule has 7 heteroatoms. The minimum Gasteiger partial charge on any atom is -0.325 e. The number of anilines is 1. The Morgan fingerprint density at radius 2 is 2.04 bits per heavy atom. The van der Waals surface area contributed by atoms with Gasteiger partial charge < -0.3 is 10.3 Å². The van der Waals surface area contributed by atoms with Crippen molar-refractivity contribution >= 4 is 45.4 Å². The van der Waals surface area contributed by atoms with Gasteiger partial charge in [-0.25, -0.2) is 0 Å². The SMILES string of the molecule is CCc1cc2c(=O)n(CC(=O)Nc3ccc(C)cc3)c(=S)[nH]c2s1. The number of nitrogens with one attached hydrogen (secondary N) is 2. The number of nitrogens with zero attached hydrogens (tertiary/aromatic N) is 1. The van der Waals surface area contributed by atoms with E-state index in [4.69, 9.17) is 12.2 Å². The van der Waals surface area contributed by atoms with Gasteiger partial charge in [-0.3, -0.25) is 14.2 Å². The van der Waals surface area contributed by atoms with Crippen LogP contribution in [0.3, 0.4) is 0 Å². The molecule has 124 valence electrons. The first-order chi connectivity index (χ1) is 11.5. The van der Waals surface area contributed by atoms with Crippen molar-refractivity contribution in [3.8, 4) is 0 Å². The van der Waals surface area contributed by atoms with Crippen LogP contribution in [0.2, 0.25) is 0 Å². The average molecular weight is 359 g/mol. The molecule has 2 heterocycles. The summed E-state index contributed by atoms with van der Waals surface area (Å²) in [5, 5.41) is 3.36. The maximum atomic E-state index is 12.6. The number of fused-ring (bicyclic) bond motifs is 1. The topological polar surface area (TPSA) is 66.9 Å². The molecule has 0 radical (unpaired) electrons. The van der Waals surface area contributed by atoms with Gasteiger partial charge in [-0.05, 0) is 43.8 Å². The standard InChI is InChI=1S/C17H17N3O2S2/c1-3-12-8-13-15(24-12)19-17(23)20(16(13)22)9-14(21)18-11-6-4-10(2)5-7-11/h4-8H,3,9H2,1-2H3,(H,18,21)(H,19,23). The molecule has 2 aromatic heterocycles. The van der Waals surface area contributed by atoms with E-state index in [2.05, 4.69) is 10.3 Å². The van der Waals surface area contributed by atoms with Gasteiger partial charge in [-0.1, -0.05) is 24.6 Å². The summed E-state index contributed by atoms with van der Waals surface area (Å²) in [5.41, 5.74) is 1.57. The van der Waals surface area contributed by atoms with Crippen molar-refractivity contribution in [2.75, 3.05) is 5.32 Å². The summed E-state index contributed by atoms with van der Waals surface area (Å²) in [6, 6.07) is 9.34. The summed E-state index contributed by atoms with van der Waals surface area (Å²) in [7, 11) is 0. The summed E-state index contributed by atoms with van der Waals surface area (Å²) in [6.45, 7) is 3.90. The van der Waals surface area contributed by atoms with Crippen molar-refractivity contribution in [2.45, 2.75) is 26.8 Å². The number of aromatic amines is 1. The van der Waals surface area contributed by atoms with Gasteiger partial charge in [0.2, 0.25) is 5.91 Å². The van der Waals surface area contributed by atoms with Crippen molar-refractivity contribution in [1.29, 1.82) is 0 Å². The molecule has 24 heavy (non-hydrogen) atoms. The zero-order valence-electron chi connectivity index (χ0n) is 13.4. The Labute approximate surface area is 148 Å². The number of rotatable bonds is 4. The number of carbonyl (C=O) groups is 1. The monoisotopic (exact) mass is 359 g/mol. The maximum absolute atomic E-state index is 12.6. The second-order valence-electron chi connectivity index (χ2n) is 5.54. The minimum atomic E-state index is -0.286. The van der Waals surface area contributed by atoms with E-state index in [-0.39, 0.29) is 22.8 Å². The molecule has 3 rings (SSSR count). The van der Waals surface area contributed by atoms with Gasteiger partial charge in [-0.2, -0.15) is 0 Å². The van der Waals surface area contributed by atoms with Crippen LogP contribution >= 0.6 is 23.6 Å². The molecule has 0 saturated carbocycles. The fourth-order valence-electron chi connectivity index (χ4n) is 2.39. The van der Waals surface area contributed by atoms with Gasteiger partial charge in [0.05, 0.1) is 5.39 Å². The highest BCUT2D eigenvalue weighted by molar-refractivity contribution is 7.71. The average Bonchev–Trinajstić information content (AvgIpc) is 2.97. The van der Waals surface area contributed by atoms with Gasteiger partial charge in [0.15, 0.2) is 4.77 Å². The van der Waals surface area contributed by atoms with Gasteiger partial charge in [-0.15, -0.1) is 11.3 Å². The van der Waals surface area contributed by atoms with Crippen molar-refractivity contribution in [1.82, 2.24) is 9.55 Å². The van der Waals surface area contributed by atoms with Crippen molar-refractivity contribution in [3.05, 3.63) is 55.9 Å². The molecule has 0 atom stereocenters. The lowest BCUT2D eigenvalue weighted by molar-refractivity contribution is -0.116. The molecule has 0 unspecified atom stereocenters. The number of aryl methyl sites for hydroxylation is 2. The van der Waals surface area contributed by atoms with E-state index in [0.29, 0.717) is 11.1 Å². The molecule has 0 spiro atoms. The highest BCUT2D eigenvalue weighted by atomic mass is 32.1. The molecule has 1 aromatic carbocycles. The van der Waals surface area contributed by atoms with Crippen LogP contribution in [-0.4, -0.2) is 15.5 Å². The second kappa shape index (κ2) is 6.70. The summed E-state index contributed by atoms with van der Waals surface area (Å²) in [6.07, 6.45) is 0.854. The van der Waals surface area contributed by atoms with Crippen LogP contribution in [0.1, 0.15) is 17.4 Å². The van der Waals surface area contributed by atoms with Gasteiger partial charge in [0, 0.05) is 10.6 Å². The van der Waals surface area contributed by atoms with Crippen molar-refractivity contribution < 1.29 is 4.79 Å². The molecule has 0 saturated heterocycles. The zero-order valence-corrected chi connectivity index (χ0v) is 15.0. The van der Waals surface area contributed by atoms with Gasteiger partial charge in [0.25, 0.3) is 5.56 Å². The minimum absolute atomic E-state index is 0.116. The predicted molar refractivity (Wildman–Crippen MR) is 100 cm³/mol. The number of hydrogen-bond donors (Lipinski definition) is 2.